The van der Waals surface area contributed by atoms with Gasteiger partial charge in [0.1, 0.15) is 0 Å². The third-order valence-corrected chi connectivity index (χ3v) is 4.44. The molecule has 1 saturated carbocycles. The van der Waals surface area contributed by atoms with Crippen LogP contribution < -0.4 is 5.32 Å². The first-order valence-electron chi connectivity index (χ1n) is 6.14. The molecule has 2 rings (SSSR count). The molecule has 0 bridgehead atoms. The van der Waals surface area contributed by atoms with Gasteiger partial charge in [0.2, 0.25) is 0 Å². The zero-order chi connectivity index (χ0) is 12.5. The van der Waals surface area contributed by atoms with Gasteiger partial charge in [-0.15, -0.1) is 0 Å². The molecule has 1 aliphatic rings. The average Bonchev–Trinajstić information content (AvgIpc) is 2.61. The number of hydrogen-bond acceptors (Lipinski definition) is 1. The van der Waals surface area contributed by atoms with Gasteiger partial charge in [0, 0.05) is 12.6 Å². The highest BCUT2D eigenvalue weighted by atomic mass is 35.5. The topological polar surface area (TPSA) is 12.0 Å². The van der Waals surface area contributed by atoms with Crippen LogP contribution in [0.3, 0.4) is 0 Å². The van der Waals surface area contributed by atoms with Crippen LogP contribution >= 0.6 is 23.2 Å². The van der Waals surface area contributed by atoms with Gasteiger partial charge in [-0.1, -0.05) is 49.2 Å². The van der Waals surface area contributed by atoms with Crippen molar-refractivity contribution in [3.8, 4) is 0 Å². The van der Waals surface area contributed by atoms with Crippen molar-refractivity contribution in [2.24, 2.45) is 5.41 Å². The van der Waals surface area contributed by atoms with E-state index in [1.807, 2.05) is 18.2 Å². The second-order valence-corrected chi connectivity index (χ2v) is 6.48. The lowest BCUT2D eigenvalue weighted by atomic mass is 9.92. The van der Waals surface area contributed by atoms with Crippen molar-refractivity contribution in [3.63, 3.8) is 0 Å². The molecule has 17 heavy (non-hydrogen) atoms. The van der Waals surface area contributed by atoms with E-state index < -0.39 is 0 Å². The van der Waals surface area contributed by atoms with E-state index in [0.717, 1.165) is 12.1 Å². The molecule has 1 N–H and O–H groups in total. The summed E-state index contributed by atoms with van der Waals surface area (Å²) in [6, 6.07) is 6.41. The Morgan fingerprint density at radius 1 is 1.35 bits per heavy atom. The number of nitrogens with one attached hydrogen (secondary N) is 1. The van der Waals surface area contributed by atoms with E-state index in [1.54, 1.807) is 0 Å². The highest BCUT2D eigenvalue weighted by Crippen LogP contribution is 2.37. The number of benzene rings is 1. The summed E-state index contributed by atoms with van der Waals surface area (Å²) in [7, 11) is 0. The summed E-state index contributed by atoms with van der Waals surface area (Å²) in [5.74, 6) is 0. The fourth-order valence-electron chi connectivity index (χ4n) is 2.55. The summed E-state index contributed by atoms with van der Waals surface area (Å²) in [4.78, 5) is 0. The van der Waals surface area contributed by atoms with E-state index in [1.165, 1.54) is 19.3 Å². The van der Waals surface area contributed by atoms with Gasteiger partial charge in [-0.05, 0) is 36.3 Å². The summed E-state index contributed by atoms with van der Waals surface area (Å²) in [5, 5.41) is 4.89. The van der Waals surface area contributed by atoms with Gasteiger partial charge in [0.15, 0.2) is 0 Å². The molecular formula is C14H19Cl2N. The predicted molar refractivity (Wildman–Crippen MR) is 74.7 cm³/mol. The third-order valence-electron chi connectivity index (χ3n) is 3.58. The molecule has 94 valence electrons. The monoisotopic (exact) mass is 271 g/mol. The van der Waals surface area contributed by atoms with Crippen molar-refractivity contribution in [2.45, 2.75) is 45.7 Å². The minimum absolute atomic E-state index is 0.482. The molecular weight excluding hydrogens is 253 g/mol. The van der Waals surface area contributed by atoms with Gasteiger partial charge in [-0.3, -0.25) is 0 Å². The molecule has 1 nitrogen and oxygen atoms in total. The first-order valence-corrected chi connectivity index (χ1v) is 6.90. The van der Waals surface area contributed by atoms with Crippen molar-refractivity contribution < 1.29 is 0 Å². The van der Waals surface area contributed by atoms with E-state index in [4.69, 9.17) is 23.2 Å². The van der Waals surface area contributed by atoms with Crippen molar-refractivity contribution >= 4 is 23.2 Å². The van der Waals surface area contributed by atoms with Crippen LogP contribution in [0, 0.1) is 5.41 Å². The normalized spacial score (nSPS) is 22.9. The maximum atomic E-state index is 6.16. The first-order chi connectivity index (χ1) is 7.98. The lowest BCUT2D eigenvalue weighted by Gasteiger charge is -2.18. The van der Waals surface area contributed by atoms with Crippen LogP contribution in [0.15, 0.2) is 18.2 Å². The van der Waals surface area contributed by atoms with E-state index in [0.29, 0.717) is 21.5 Å². The summed E-state index contributed by atoms with van der Waals surface area (Å²) < 4.78 is 0. The highest BCUT2D eigenvalue weighted by Gasteiger charge is 2.30. The van der Waals surface area contributed by atoms with Crippen molar-refractivity contribution in [1.82, 2.24) is 5.32 Å². The Hall–Kier alpha value is -0.240. The largest absolute Gasteiger partial charge is 0.310 e. The molecule has 0 radical (unpaired) electrons. The zero-order valence-electron chi connectivity index (χ0n) is 10.4. The average molecular weight is 272 g/mol. The molecule has 1 atom stereocenters. The Morgan fingerprint density at radius 2 is 2.12 bits per heavy atom. The highest BCUT2D eigenvalue weighted by molar-refractivity contribution is 6.42. The van der Waals surface area contributed by atoms with Crippen LogP contribution in [-0.4, -0.2) is 6.04 Å². The van der Waals surface area contributed by atoms with Crippen molar-refractivity contribution in [2.75, 3.05) is 0 Å². The zero-order valence-corrected chi connectivity index (χ0v) is 11.9. The maximum Gasteiger partial charge on any atom is 0.0637 e. The molecule has 0 spiro atoms. The summed E-state index contributed by atoms with van der Waals surface area (Å²) in [6.07, 6.45) is 3.80. The Labute approximate surface area is 114 Å². The van der Waals surface area contributed by atoms with Gasteiger partial charge < -0.3 is 5.32 Å². The molecule has 0 aliphatic heterocycles. The number of halogens is 2. The first kappa shape index (κ1) is 13.2. The van der Waals surface area contributed by atoms with Crippen LogP contribution in [0.1, 0.15) is 38.7 Å². The van der Waals surface area contributed by atoms with Crippen LogP contribution in [0.5, 0.6) is 0 Å². The summed E-state index contributed by atoms with van der Waals surface area (Å²) >= 11 is 12.2. The molecule has 1 unspecified atom stereocenters. The third kappa shape index (κ3) is 3.37. The van der Waals surface area contributed by atoms with Crippen LogP contribution in [0.4, 0.5) is 0 Å². The van der Waals surface area contributed by atoms with E-state index in [2.05, 4.69) is 19.2 Å². The van der Waals surface area contributed by atoms with Gasteiger partial charge in [0.25, 0.3) is 0 Å². The predicted octanol–water partition coefficient (Wildman–Crippen LogP) is 4.66. The number of rotatable bonds is 3. The van der Waals surface area contributed by atoms with Crippen LogP contribution in [0.2, 0.25) is 10.0 Å². The maximum absolute atomic E-state index is 6.16. The molecule has 1 aromatic carbocycles. The fraction of sp³-hybridized carbons (Fsp3) is 0.571. The molecule has 0 saturated heterocycles. The molecule has 0 aromatic heterocycles. The standard InChI is InChI=1S/C14H19Cl2N/c1-14(2)7-6-11(8-14)17-9-10-4-3-5-12(15)13(10)16/h3-5,11,17H,6-9H2,1-2H3. The lowest BCUT2D eigenvalue weighted by Crippen LogP contribution is -2.26. The molecule has 0 amide bonds. The second-order valence-electron chi connectivity index (χ2n) is 5.70. The van der Waals surface area contributed by atoms with Crippen LogP contribution in [0.25, 0.3) is 0 Å². The molecule has 1 aliphatic carbocycles. The van der Waals surface area contributed by atoms with Gasteiger partial charge >= 0.3 is 0 Å². The SMILES string of the molecule is CC1(C)CCC(NCc2cccc(Cl)c2Cl)C1. The van der Waals surface area contributed by atoms with Crippen molar-refractivity contribution in [3.05, 3.63) is 33.8 Å². The quantitative estimate of drug-likeness (QED) is 0.843. The Bertz CT molecular complexity index is 401. The number of hydrogen-bond donors (Lipinski definition) is 1. The lowest BCUT2D eigenvalue weighted by molar-refractivity contribution is 0.364. The van der Waals surface area contributed by atoms with E-state index in [9.17, 15) is 0 Å². The molecule has 1 aromatic rings. The van der Waals surface area contributed by atoms with Gasteiger partial charge in [-0.25, -0.2) is 0 Å². The van der Waals surface area contributed by atoms with E-state index in [-0.39, 0.29) is 0 Å². The minimum Gasteiger partial charge on any atom is -0.310 e. The van der Waals surface area contributed by atoms with Crippen LogP contribution in [-0.2, 0) is 6.54 Å². The molecule has 3 heteroatoms. The van der Waals surface area contributed by atoms with Gasteiger partial charge in [-0.2, -0.15) is 0 Å². The Balaban J connectivity index is 1.93. The van der Waals surface area contributed by atoms with E-state index >= 15 is 0 Å². The smallest absolute Gasteiger partial charge is 0.0637 e. The summed E-state index contributed by atoms with van der Waals surface area (Å²) in [5.41, 5.74) is 1.57. The Morgan fingerprint density at radius 3 is 2.76 bits per heavy atom. The molecule has 1 fully saturated rings. The van der Waals surface area contributed by atoms with Crippen molar-refractivity contribution in [1.29, 1.82) is 0 Å². The second kappa shape index (κ2) is 5.17. The Kier molecular flexibility index (Phi) is 4.02. The fourth-order valence-corrected chi connectivity index (χ4v) is 2.94. The minimum atomic E-state index is 0.482. The van der Waals surface area contributed by atoms with Gasteiger partial charge in [0.05, 0.1) is 10.0 Å². The molecule has 0 heterocycles. The summed E-state index contributed by atoms with van der Waals surface area (Å²) in [6.45, 7) is 5.47.